The van der Waals surface area contributed by atoms with E-state index in [0.717, 1.165) is 23.4 Å². The van der Waals surface area contributed by atoms with E-state index in [9.17, 15) is 13.6 Å². The SMILES string of the molecule is COc1ccccc1CCC(=O)NC(C)c1ccc(F)c(F)c1. The molecule has 2 rings (SSSR count). The Hall–Kier alpha value is -2.43. The summed E-state index contributed by atoms with van der Waals surface area (Å²) in [6.45, 7) is 1.73. The second kappa shape index (κ2) is 7.72. The average Bonchev–Trinajstić information content (AvgIpc) is 2.55. The zero-order chi connectivity index (χ0) is 16.8. The molecule has 0 heterocycles. The Kier molecular flexibility index (Phi) is 5.68. The van der Waals surface area contributed by atoms with E-state index in [1.54, 1.807) is 14.0 Å². The summed E-state index contributed by atoms with van der Waals surface area (Å²) in [4.78, 5) is 12.0. The molecule has 0 aliphatic rings. The quantitative estimate of drug-likeness (QED) is 0.880. The van der Waals surface area contributed by atoms with Gasteiger partial charge in [-0.3, -0.25) is 4.79 Å². The van der Waals surface area contributed by atoms with Crippen molar-refractivity contribution in [3.63, 3.8) is 0 Å². The van der Waals surface area contributed by atoms with Gasteiger partial charge in [0.25, 0.3) is 0 Å². The van der Waals surface area contributed by atoms with E-state index >= 15 is 0 Å². The number of hydrogen-bond acceptors (Lipinski definition) is 2. The molecule has 2 aromatic carbocycles. The first-order chi connectivity index (χ1) is 11.0. The Morgan fingerprint density at radius 2 is 1.91 bits per heavy atom. The molecule has 3 nitrogen and oxygen atoms in total. The summed E-state index contributed by atoms with van der Waals surface area (Å²) < 4.78 is 31.4. The summed E-state index contributed by atoms with van der Waals surface area (Å²) in [6.07, 6.45) is 0.828. The van der Waals surface area contributed by atoms with Gasteiger partial charge in [0.15, 0.2) is 11.6 Å². The minimum Gasteiger partial charge on any atom is -0.496 e. The summed E-state index contributed by atoms with van der Waals surface area (Å²) in [7, 11) is 1.59. The molecule has 0 bridgehead atoms. The maximum Gasteiger partial charge on any atom is 0.220 e. The van der Waals surface area contributed by atoms with Crippen molar-refractivity contribution >= 4 is 5.91 Å². The highest BCUT2D eigenvalue weighted by Crippen LogP contribution is 2.19. The molecule has 5 heteroatoms. The largest absolute Gasteiger partial charge is 0.496 e. The van der Waals surface area contributed by atoms with Crippen LogP contribution < -0.4 is 10.1 Å². The lowest BCUT2D eigenvalue weighted by atomic mass is 10.1. The predicted molar refractivity (Wildman–Crippen MR) is 84.2 cm³/mol. The van der Waals surface area contributed by atoms with Gasteiger partial charge >= 0.3 is 0 Å². The van der Waals surface area contributed by atoms with Gasteiger partial charge in [0.1, 0.15) is 5.75 Å². The van der Waals surface area contributed by atoms with Crippen LogP contribution in [-0.2, 0) is 11.2 Å². The van der Waals surface area contributed by atoms with Gasteiger partial charge < -0.3 is 10.1 Å². The van der Waals surface area contributed by atoms with Crippen LogP contribution in [0.5, 0.6) is 5.75 Å². The smallest absolute Gasteiger partial charge is 0.220 e. The van der Waals surface area contributed by atoms with Crippen LogP contribution in [0, 0.1) is 11.6 Å². The van der Waals surface area contributed by atoms with Gasteiger partial charge in [-0.15, -0.1) is 0 Å². The minimum absolute atomic E-state index is 0.159. The van der Waals surface area contributed by atoms with Crippen LogP contribution in [0.3, 0.4) is 0 Å². The van der Waals surface area contributed by atoms with Crippen molar-refractivity contribution in [2.45, 2.75) is 25.8 Å². The standard InChI is InChI=1S/C18H19F2NO2/c1-12(14-7-9-15(19)16(20)11-14)21-18(22)10-8-13-5-3-4-6-17(13)23-2/h3-7,9,11-12H,8,10H2,1-2H3,(H,21,22). The Balaban J connectivity index is 1.92. The van der Waals surface area contributed by atoms with Crippen molar-refractivity contribution in [2.75, 3.05) is 7.11 Å². The summed E-state index contributed by atoms with van der Waals surface area (Å²) in [5, 5.41) is 2.78. The molecule has 0 aromatic heterocycles. The molecule has 0 fully saturated rings. The zero-order valence-electron chi connectivity index (χ0n) is 13.1. The number of amides is 1. The number of methoxy groups -OCH3 is 1. The van der Waals surface area contributed by atoms with E-state index in [2.05, 4.69) is 5.32 Å². The number of rotatable bonds is 6. The van der Waals surface area contributed by atoms with Gasteiger partial charge in [0.05, 0.1) is 13.2 Å². The predicted octanol–water partition coefficient (Wildman–Crippen LogP) is 3.78. The van der Waals surface area contributed by atoms with Crippen LogP contribution >= 0.6 is 0 Å². The summed E-state index contributed by atoms with van der Waals surface area (Å²) in [5.41, 5.74) is 1.47. The van der Waals surface area contributed by atoms with Gasteiger partial charge in [-0.1, -0.05) is 24.3 Å². The van der Waals surface area contributed by atoms with Gasteiger partial charge in [0, 0.05) is 6.42 Å². The summed E-state index contributed by atoms with van der Waals surface area (Å²) in [5.74, 6) is -1.23. The van der Waals surface area contributed by atoms with Gasteiger partial charge in [-0.05, 0) is 42.7 Å². The Labute approximate surface area is 134 Å². The first-order valence-electron chi connectivity index (χ1n) is 7.37. The van der Waals surface area contributed by atoms with Crippen LogP contribution in [0.2, 0.25) is 0 Å². The maximum atomic E-state index is 13.2. The third-order valence-electron chi connectivity index (χ3n) is 3.64. The van der Waals surface area contributed by atoms with Crippen molar-refractivity contribution in [1.82, 2.24) is 5.32 Å². The molecule has 0 saturated carbocycles. The third-order valence-corrected chi connectivity index (χ3v) is 3.64. The van der Waals surface area contributed by atoms with Gasteiger partial charge in [-0.2, -0.15) is 0 Å². The number of ether oxygens (including phenoxy) is 1. The van der Waals surface area contributed by atoms with Crippen LogP contribution in [0.15, 0.2) is 42.5 Å². The molecule has 1 amide bonds. The Bertz CT molecular complexity index is 688. The van der Waals surface area contributed by atoms with E-state index in [1.807, 2.05) is 24.3 Å². The Morgan fingerprint density at radius 3 is 2.61 bits per heavy atom. The highest BCUT2D eigenvalue weighted by atomic mass is 19.2. The Morgan fingerprint density at radius 1 is 1.17 bits per heavy atom. The van der Waals surface area contributed by atoms with Crippen molar-refractivity contribution < 1.29 is 18.3 Å². The molecule has 0 aliphatic heterocycles. The first-order valence-corrected chi connectivity index (χ1v) is 7.37. The van der Waals surface area contributed by atoms with Crippen LogP contribution in [0.25, 0.3) is 0 Å². The fourth-order valence-electron chi connectivity index (χ4n) is 2.34. The lowest BCUT2D eigenvalue weighted by molar-refractivity contribution is -0.121. The molecule has 1 N–H and O–H groups in total. The molecule has 0 saturated heterocycles. The average molecular weight is 319 g/mol. The molecule has 1 atom stereocenters. The third kappa shape index (κ3) is 4.52. The van der Waals surface area contributed by atoms with Crippen molar-refractivity contribution in [1.29, 1.82) is 0 Å². The number of carbonyl (C=O) groups is 1. The normalized spacial score (nSPS) is 11.8. The molecule has 23 heavy (non-hydrogen) atoms. The molecular formula is C18H19F2NO2. The maximum absolute atomic E-state index is 13.2. The highest BCUT2D eigenvalue weighted by Gasteiger charge is 2.13. The van der Waals surface area contributed by atoms with Crippen molar-refractivity contribution in [3.05, 3.63) is 65.2 Å². The molecule has 122 valence electrons. The zero-order valence-corrected chi connectivity index (χ0v) is 13.1. The van der Waals surface area contributed by atoms with Crippen molar-refractivity contribution in [2.24, 2.45) is 0 Å². The van der Waals surface area contributed by atoms with Crippen LogP contribution in [0.4, 0.5) is 8.78 Å². The number of aryl methyl sites for hydroxylation is 1. The van der Waals surface area contributed by atoms with Crippen LogP contribution in [0.1, 0.15) is 30.5 Å². The van der Waals surface area contributed by atoms with Crippen LogP contribution in [-0.4, -0.2) is 13.0 Å². The molecule has 2 aromatic rings. The number of para-hydroxylation sites is 1. The minimum atomic E-state index is -0.919. The van der Waals surface area contributed by atoms with E-state index in [-0.39, 0.29) is 12.3 Å². The van der Waals surface area contributed by atoms with Crippen molar-refractivity contribution in [3.8, 4) is 5.75 Å². The lowest BCUT2D eigenvalue weighted by Crippen LogP contribution is -2.27. The fraction of sp³-hybridized carbons (Fsp3) is 0.278. The topological polar surface area (TPSA) is 38.3 Å². The molecule has 0 spiro atoms. The van der Waals surface area contributed by atoms with E-state index < -0.39 is 17.7 Å². The van der Waals surface area contributed by atoms with Gasteiger partial charge in [0.2, 0.25) is 5.91 Å². The summed E-state index contributed by atoms with van der Waals surface area (Å²) in [6, 6.07) is 10.7. The van der Waals surface area contributed by atoms with Gasteiger partial charge in [-0.25, -0.2) is 8.78 Å². The monoisotopic (exact) mass is 319 g/mol. The first kappa shape index (κ1) is 16.9. The highest BCUT2D eigenvalue weighted by molar-refractivity contribution is 5.76. The number of benzene rings is 2. The summed E-state index contributed by atoms with van der Waals surface area (Å²) >= 11 is 0. The number of halogens is 2. The lowest BCUT2D eigenvalue weighted by Gasteiger charge is -2.15. The second-order valence-electron chi connectivity index (χ2n) is 5.27. The number of hydrogen-bond donors (Lipinski definition) is 1. The number of nitrogens with one attached hydrogen (secondary N) is 1. The second-order valence-corrected chi connectivity index (χ2v) is 5.27. The molecule has 0 radical (unpaired) electrons. The number of carbonyl (C=O) groups excluding carboxylic acids is 1. The van der Waals surface area contributed by atoms with E-state index in [1.165, 1.54) is 6.07 Å². The molecular weight excluding hydrogens is 300 g/mol. The molecule has 0 aliphatic carbocycles. The van der Waals surface area contributed by atoms with E-state index in [4.69, 9.17) is 4.74 Å². The van der Waals surface area contributed by atoms with E-state index in [0.29, 0.717) is 12.0 Å². The fourth-order valence-corrected chi connectivity index (χ4v) is 2.34. The molecule has 1 unspecified atom stereocenters.